The van der Waals surface area contributed by atoms with Gasteiger partial charge in [-0.3, -0.25) is 4.79 Å². The van der Waals surface area contributed by atoms with Crippen LogP contribution in [0.4, 0.5) is 0 Å². The molecule has 19 heavy (non-hydrogen) atoms. The first-order valence-corrected chi connectivity index (χ1v) is 7.83. The lowest BCUT2D eigenvalue weighted by molar-refractivity contribution is -0.132. The maximum Gasteiger partial charge on any atom is 0.227 e. The van der Waals surface area contributed by atoms with E-state index in [-0.39, 0.29) is 11.3 Å². The van der Waals surface area contributed by atoms with Gasteiger partial charge in [0.05, 0.1) is 5.41 Å². The zero-order valence-corrected chi connectivity index (χ0v) is 12.3. The second-order valence-corrected chi connectivity index (χ2v) is 6.50. The van der Waals surface area contributed by atoms with E-state index in [0.29, 0.717) is 12.5 Å². The predicted octanol–water partition coefficient (Wildman–Crippen LogP) is 1.35. The van der Waals surface area contributed by atoms with E-state index in [1.54, 1.807) is 0 Å². The highest BCUT2D eigenvalue weighted by Gasteiger charge is 2.38. The van der Waals surface area contributed by atoms with Crippen LogP contribution in [0.5, 0.6) is 0 Å². The van der Waals surface area contributed by atoms with Crippen LogP contribution >= 0.6 is 0 Å². The molecule has 2 aliphatic rings. The number of likely N-dealkylation sites (tertiary alicyclic amines) is 1. The van der Waals surface area contributed by atoms with Crippen LogP contribution < -0.4 is 11.1 Å². The molecule has 1 amide bonds. The Balaban J connectivity index is 1.79. The van der Waals surface area contributed by atoms with Crippen LogP contribution in [0.1, 0.15) is 44.9 Å². The number of carbonyl (C=O) groups excluding carboxylic acids is 1. The second kappa shape index (κ2) is 6.71. The minimum atomic E-state index is -0.260. The average Bonchev–Trinajstić information content (AvgIpc) is 2.47. The second-order valence-electron chi connectivity index (χ2n) is 6.50. The predicted molar refractivity (Wildman–Crippen MR) is 77.8 cm³/mol. The molecule has 1 aliphatic heterocycles. The molecule has 4 heteroatoms. The van der Waals surface area contributed by atoms with E-state index in [9.17, 15) is 4.79 Å². The van der Waals surface area contributed by atoms with Gasteiger partial charge >= 0.3 is 0 Å². The molecule has 4 nitrogen and oxygen atoms in total. The summed E-state index contributed by atoms with van der Waals surface area (Å²) in [5, 5.41) is 3.19. The van der Waals surface area contributed by atoms with Gasteiger partial charge in [-0.05, 0) is 51.7 Å². The quantitative estimate of drug-likeness (QED) is 0.808. The molecule has 0 atom stereocenters. The molecule has 0 unspecified atom stereocenters. The average molecular weight is 267 g/mol. The number of nitrogens with zero attached hydrogens (tertiary/aromatic N) is 1. The molecular formula is C15H29N3O. The number of hydrogen-bond donors (Lipinski definition) is 2. The zero-order chi connectivity index (χ0) is 13.7. The third kappa shape index (κ3) is 3.69. The summed E-state index contributed by atoms with van der Waals surface area (Å²) in [6, 6.07) is 0. The van der Waals surface area contributed by atoms with Crippen molar-refractivity contribution in [2.45, 2.75) is 44.9 Å². The lowest BCUT2D eigenvalue weighted by Crippen LogP contribution is -2.48. The van der Waals surface area contributed by atoms with Crippen molar-refractivity contribution in [2.24, 2.45) is 17.1 Å². The van der Waals surface area contributed by atoms with Crippen molar-refractivity contribution >= 4 is 5.91 Å². The summed E-state index contributed by atoms with van der Waals surface area (Å²) in [4.78, 5) is 14.8. The van der Waals surface area contributed by atoms with Crippen LogP contribution in [0.2, 0.25) is 0 Å². The first kappa shape index (κ1) is 14.8. The fourth-order valence-electron chi connectivity index (χ4n) is 3.44. The van der Waals surface area contributed by atoms with Gasteiger partial charge in [0.1, 0.15) is 0 Å². The summed E-state index contributed by atoms with van der Waals surface area (Å²) in [5.74, 6) is 0.868. The highest BCUT2D eigenvalue weighted by Crippen LogP contribution is 2.35. The molecule has 1 saturated heterocycles. The van der Waals surface area contributed by atoms with E-state index in [1.807, 2.05) is 0 Å². The molecule has 3 N–H and O–H groups in total. The number of hydrogen-bond acceptors (Lipinski definition) is 3. The SMILES string of the molecule is CN1CCC(CNC(=O)C2(CN)CCCCC2)CC1. The summed E-state index contributed by atoms with van der Waals surface area (Å²) in [5.41, 5.74) is 5.64. The number of nitrogens with one attached hydrogen (secondary N) is 1. The lowest BCUT2D eigenvalue weighted by Gasteiger charge is -2.36. The summed E-state index contributed by atoms with van der Waals surface area (Å²) < 4.78 is 0. The Morgan fingerprint density at radius 1 is 1.26 bits per heavy atom. The normalized spacial score (nSPS) is 25.2. The van der Waals surface area contributed by atoms with E-state index in [2.05, 4.69) is 17.3 Å². The Kier molecular flexibility index (Phi) is 5.22. The Morgan fingerprint density at radius 3 is 2.47 bits per heavy atom. The van der Waals surface area contributed by atoms with Crippen molar-refractivity contribution in [1.82, 2.24) is 10.2 Å². The van der Waals surface area contributed by atoms with Crippen LogP contribution in [-0.4, -0.2) is 44.0 Å². The van der Waals surface area contributed by atoms with Crippen molar-refractivity contribution in [3.05, 3.63) is 0 Å². The van der Waals surface area contributed by atoms with E-state index in [0.717, 1.165) is 45.3 Å². The molecular weight excluding hydrogens is 238 g/mol. The maximum atomic E-state index is 12.5. The van der Waals surface area contributed by atoms with Gasteiger partial charge < -0.3 is 16.0 Å². The summed E-state index contributed by atoms with van der Waals surface area (Å²) in [6.07, 6.45) is 7.91. The smallest absolute Gasteiger partial charge is 0.227 e. The van der Waals surface area contributed by atoms with Gasteiger partial charge in [0.25, 0.3) is 0 Å². The standard InChI is InChI=1S/C15H29N3O/c1-18-9-5-13(6-10-18)11-17-14(19)15(12-16)7-3-2-4-8-15/h13H,2-12,16H2,1H3,(H,17,19). The van der Waals surface area contributed by atoms with Crippen LogP contribution in [0.25, 0.3) is 0 Å². The van der Waals surface area contributed by atoms with Crippen molar-refractivity contribution in [1.29, 1.82) is 0 Å². The molecule has 0 aromatic carbocycles. The van der Waals surface area contributed by atoms with Crippen LogP contribution in [0.15, 0.2) is 0 Å². The van der Waals surface area contributed by atoms with Crippen molar-refractivity contribution in [3.63, 3.8) is 0 Å². The number of carbonyl (C=O) groups is 1. The van der Waals surface area contributed by atoms with Gasteiger partial charge in [-0.15, -0.1) is 0 Å². The number of nitrogens with two attached hydrogens (primary N) is 1. The Bertz CT molecular complexity index is 292. The molecule has 1 saturated carbocycles. The first-order chi connectivity index (χ1) is 9.16. The number of rotatable bonds is 4. The lowest BCUT2D eigenvalue weighted by atomic mass is 9.73. The summed E-state index contributed by atoms with van der Waals surface area (Å²) >= 11 is 0. The molecule has 2 fully saturated rings. The van der Waals surface area contributed by atoms with E-state index in [1.165, 1.54) is 19.3 Å². The van der Waals surface area contributed by atoms with Gasteiger partial charge in [0.2, 0.25) is 5.91 Å². The fraction of sp³-hybridized carbons (Fsp3) is 0.933. The highest BCUT2D eigenvalue weighted by atomic mass is 16.2. The summed E-state index contributed by atoms with van der Waals surface area (Å²) in [6.45, 7) is 3.66. The topological polar surface area (TPSA) is 58.4 Å². The molecule has 0 aromatic heterocycles. The molecule has 1 aliphatic carbocycles. The minimum absolute atomic E-state index is 0.216. The largest absolute Gasteiger partial charge is 0.355 e. The van der Waals surface area contributed by atoms with E-state index >= 15 is 0 Å². The third-order valence-electron chi connectivity index (χ3n) is 5.07. The Labute approximate surface area is 117 Å². The molecule has 0 bridgehead atoms. The molecule has 0 radical (unpaired) electrons. The molecule has 1 heterocycles. The van der Waals surface area contributed by atoms with E-state index in [4.69, 9.17) is 5.73 Å². The van der Waals surface area contributed by atoms with E-state index < -0.39 is 0 Å². The van der Waals surface area contributed by atoms with Crippen LogP contribution in [0, 0.1) is 11.3 Å². The minimum Gasteiger partial charge on any atom is -0.355 e. The van der Waals surface area contributed by atoms with Gasteiger partial charge in [0.15, 0.2) is 0 Å². The zero-order valence-electron chi connectivity index (χ0n) is 12.3. The molecule has 0 aromatic rings. The molecule has 110 valence electrons. The van der Waals surface area contributed by atoms with Crippen molar-refractivity contribution in [3.8, 4) is 0 Å². The van der Waals surface area contributed by atoms with Gasteiger partial charge in [0, 0.05) is 13.1 Å². The maximum absolute atomic E-state index is 12.5. The van der Waals surface area contributed by atoms with Crippen molar-refractivity contribution in [2.75, 3.05) is 33.2 Å². The molecule has 2 rings (SSSR count). The first-order valence-electron chi connectivity index (χ1n) is 7.83. The Hall–Kier alpha value is -0.610. The van der Waals surface area contributed by atoms with Gasteiger partial charge in [-0.1, -0.05) is 19.3 Å². The van der Waals surface area contributed by atoms with Crippen molar-refractivity contribution < 1.29 is 4.79 Å². The number of amides is 1. The van der Waals surface area contributed by atoms with Crippen LogP contribution in [0.3, 0.4) is 0 Å². The summed E-state index contributed by atoms with van der Waals surface area (Å²) in [7, 11) is 2.17. The molecule has 0 spiro atoms. The van der Waals surface area contributed by atoms with Gasteiger partial charge in [-0.25, -0.2) is 0 Å². The third-order valence-corrected chi connectivity index (χ3v) is 5.07. The fourth-order valence-corrected chi connectivity index (χ4v) is 3.44. The van der Waals surface area contributed by atoms with Crippen LogP contribution in [-0.2, 0) is 4.79 Å². The highest BCUT2D eigenvalue weighted by molar-refractivity contribution is 5.83. The van der Waals surface area contributed by atoms with Gasteiger partial charge in [-0.2, -0.15) is 0 Å². The monoisotopic (exact) mass is 267 g/mol. The number of piperidine rings is 1. The Morgan fingerprint density at radius 2 is 1.89 bits per heavy atom.